The summed E-state index contributed by atoms with van der Waals surface area (Å²) in [4.78, 5) is 9.11. The molecule has 1 aliphatic carbocycles. The number of ether oxygens (including phenoxy) is 2. The van der Waals surface area contributed by atoms with Gasteiger partial charge in [-0.2, -0.15) is 4.98 Å². The summed E-state index contributed by atoms with van der Waals surface area (Å²) in [5.74, 6) is 3.05. The topological polar surface area (TPSA) is 48.7 Å². The number of hydrogen-bond donors (Lipinski definition) is 0. The number of fused-ring (bicyclic) bond motifs is 3. The van der Waals surface area contributed by atoms with Crippen molar-refractivity contribution < 1.29 is 9.47 Å². The summed E-state index contributed by atoms with van der Waals surface area (Å²) in [6, 6.07) is 1.80. The normalized spacial score (nSPS) is 22.3. The Bertz CT molecular complexity index is 621. The van der Waals surface area contributed by atoms with Gasteiger partial charge in [-0.1, -0.05) is 13.8 Å². The zero-order valence-electron chi connectivity index (χ0n) is 11.8. The van der Waals surface area contributed by atoms with Crippen molar-refractivity contribution in [2.75, 3.05) is 14.2 Å². The Morgan fingerprint density at radius 1 is 1.21 bits per heavy atom. The lowest BCUT2D eigenvalue weighted by Crippen LogP contribution is -2.16. The van der Waals surface area contributed by atoms with E-state index in [1.165, 1.54) is 12.1 Å². The molecule has 0 saturated carbocycles. The molecule has 2 heterocycles. The SMILES string of the molecule is COc1cc(OC)n2c3c(nc2n1)C(C)C(C)CC3. The monoisotopic (exact) mass is 261 g/mol. The average molecular weight is 261 g/mol. The molecule has 0 radical (unpaired) electrons. The second kappa shape index (κ2) is 4.40. The Kier molecular flexibility index (Phi) is 2.84. The van der Waals surface area contributed by atoms with Gasteiger partial charge in [0.1, 0.15) is 0 Å². The van der Waals surface area contributed by atoms with Crippen LogP contribution in [0.1, 0.15) is 37.6 Å². The van der Waals surface area contributed by atoms with Crippen molar-refractivity contribution in [3.8, 4) is 11.8 Å². The van der Waals surface area contributed by atoms with Crippen LogP contribution in [-0.2, 0) is 6.42 Å². The Hall–Kier alpha value is -1.78. The summed E-state index contributed by atoms with van der Waals surface area (Å²) in [5, 5.41) is 0. The molecular weight excluding hydrogens is 242 g/mol. The molecule has 2 aromatic heterocycles. The van der Waals surface area contributed by atoms with Crippen LogP contribution in [0.5, 0.6) is 11.8 Å². The molecule has 0 saturated heterocycles. The third-order valence-electron chi connectivity index (χ3n) is 4.20. The van der Waals surface area contributed by atoms with Crippen molar-refractivity contribution in [1.82, 2.24) is 14.4 Å². The van der Waals surface area contributed by atoms with E-state index in [0.717, 1.165) is 18.0 Å². The van der Waals surface area contributed by atoms with Gasteiger partial charge in [-0.15, -0.1) is 0 Å². The first-order valence-corrected chi connectivity index (χ1v) is 6.66. The van der Waals surface area contributed by atoms with Crippen molar-refractivity contribution in [2.24, 2.45) is 5.92 Å². The fourth-order valence-corrected chi connectivity index (χ4v) is 2.81. The van der Waals surface area contributed by atoms with Crippen LogP contribution in [0.2, 0.25) is 0 Å². The summed E-state index contributed by atoms with van der Waals surface area (Å²) in [5.41, 5.74) is 2.38. The average Bonchev–Trinajstić information content (AvgIpc) is 2.81. The molecule has 0 amide bonds. The van der Waals surface area contributed by atoms with E-state index in [0.29, 0.717) is 23.5 Å². The van der Waals surface area contributed by atoms with Crippen LogP contribution >= 0.6 is 0 Å². The highest BCUT2D eigenvalue weighted by molar-refractivity contribution is 5.45. The second-order valence-electron chi connectivity index (χ2n) is 5.22. The standard InChI is InChI=1S/C14H19N3O2/c1-8-5-6-10-13(9(8)2)16-14-15-11(18-3)7-12(19-4)17(10)14/h7-9H,5-6H2,1-4H3. The number of methoxy groups -OCH3 is 2. The molecule has 19 heavy (non-hydrogen) atoms. The van der Waals surface area contributed by atoms with E-state index < -0.39 is 0 Å². The van der Waals surface area contributed by atoms with Gasteiger partial charge in [-0.05, 0) is 18.8 Å². The molecule has 0 aromatic carbocycles. The number of imidazole rings is 1. The Morgan fingerprint density at radius 3 is 2.68 bits per heavy atom. The number of nitrogens with zero attached hydrogens (tertiary/aromatic N) is 3. The maximum absolute atomic E-state index is 5.46. The van der Waals surface area contributed by atoms with E-state index in [4.69, 9.17) is 14.5 Å². The van der Waals surface area contributed by atoms with Crippen molar-refractivity contribution in [3.05, 3.63) is 17.5 Å². The van der Waals surface area contributed by atoms with Crippen molar-refractivity contribution >= 4 is 5.78 Å². The molecule has 5 heteroatoms. The van der Waals surface area contributed by atoms with Crippen LogP contribution in [0.15, 0.2) is 6.07 Å². The molecule has 3 rings (SSSR count). The van der Waals surface area contributed by atoms with Gasteiger partial charge < -0.3 is 9.47 Å². The van der Waals surface area contributed by atoms with Crippen LogP contribution < -0.4 is 9.47 Å². The summed E-state index contributed by atoms with van der Waals surface area (Å²) in [6.07, 6.45) is 2.20. The van der Waals surface area contributed by atoms with Gasteiger partial charge in [0.2, 0.25) is 17.5 Å². The minimum Gasteiger partial charge on any atom is -0.482 e. The van der Waals surface area contributed by atoms with Crippen molar-refractivity contribution in [3.63, 3.8) is 0 Å². The number of aromatic nitrogens is 3. The number of rotatable bonds is 2. The third-order valence-corrected chi connectivity index (χ3v) is 4.20. The molecule has 0 bridgehead atoms. The molecule has 2 aromatic rings. The van der Waals surface area contributed by atoms with Gasteiger partial charge in [-0.3, -0.25) is 4.40 Å². The molecular formula is C14H19N3O2. The van der Waals surface area contributed by atoms with Crippen LogP contribution in [0.3, 0.4) is 0 Å². The van der Waals surface area contributed by atoms with Crippen LogP contribution in [0, 0.1) is 5.92 Å². The maximum atomic E-state index is 5.46. The molecule has 0 fully saturated rings. The first kappa shape index (κ1) is 12.3. The lowest BCUT2D eigenvalue weighted by atomic mass is 9.82. The van der Waals surface area contributed by atoms with Crippen LogP contribution in [0.25, 0.3) is 5.78 Å². The molecule has 2 atom stereocenters. The van der Waals surface area contributed by atoms with E-state index >= 15 is 0 Å². The highest BCUT2D eigenvalue weighted by atomic mass is 16.5. The van der Waals surface area contributed by atoms with Gasteiger partial charge in [0.15, 0.2) is 0 Å². The summed E-state index contributed by atoms with van der Waals surface area (Å²) in [7, 11) is 3.27. The largest absolute Gasteiger partial charge is 0.482 e. The predicted octanol–water partition coefficient (Wildman–Crippen LogP) is 2.43. The van der Waals surface area contributed by atoms with Gasteiger partial charge >= 0.3 is 0 Å². The fraction of sp³-hybridized carbons (Fsp3) is 0.571. The fourth-order valence-electron chi connectivity index (χ4n) is 2.81. The summed E-state index contributed by atoms with van der Waals surface area (Å²) in [6.45, 7) is 4.52. The highest BCUT2D eigenvalue weighted by Gasteiger charge is 2.29. The first-order chi connectivity index (χ1) is 9.15. The Balaban J connectivity index is 2.27. The van der Waals surface area contributed by atoms with Crippen LogP contribution in [-0.4, -0.2) is 28.6 Å². The summed E-state index contributed by atoms with van der Waals surface area (Å²) < 4.78 is 12.7. The minimum atomic E-state index is 0.459. The zero-order valence-corrected chi connectivity index (χ0v) is 11.8. The second-order valence-corrected chi connectivity index (χ2v) is 5.22. The summed E-state index contributed by atoms with van der Waals surface area (Å²) >= 11 is 0. The van der Waals surface area contributed by atoms with Gasteiger partial charge in [0.05, 0.1) is 31.7 Å². The Morgan fingerprint density at radius 2 is 2.00 bits per heavy atom. The first-order valence-electron chi connectivity index (χ1n) is 6.66. The van der Waals surface area contributed by atoms with E-state index in [-0.39, 0.29) is 0 Å². The smallest absolute Gasteiger partial charge is 0.240 e. The number of aryl methyl sites for hydroxylation is 1. The third kappa shape index (κ3) is 1.76. The minimum absolute atomic E-state index is 0.459. The molecule has 0 N–H and O–H groups in total. The quantitative estimate of drug-likeness (QED) is 0.833. The highest BCUT2D eigenvalue weighted by Crippen LogP contribution is 2.37. The van der Waals surface area contributed by atoms with Gasteiger partial charge in [0, 0.05) is 5.92 Å². The predicted molar refractivity (Wildman–Crippen MR) is 72.0 cm³/mol. The van der Waals surface area contributed by atoms with E-state index in [1.807, 2.05) is 4.40 Å². The van der Waals surface area contributed by atoms with Crippen molar-refractivity contribution in [1.29, 1.82) is 0 Å². The molecule has 1 aliphatic rings. The van der Waals surface area contributed by atoms with Crippen molar-refractivity contribution in [2.45, 2.75) is 32.6 Å². The molecule has 5 nitrogen and oxygen atoms in total. The van der Waals surface area contributed by atoms with Crippen LogP contribution in [0.4, 0.5) is 0 Å². The molecule has 102 valence electrons. The number of hydrogen-bond acceptors (Lipinski definition) is 4. The molecule has 0 aliphatic heterocycles. The lowest BCUT2D eigenvalue weighted by molar-refractivity contribution is 0.365. The molecule has 2 unspecified atom stereocenters. The van der Waals surface area contributed by atoms with Gasteiger partial charge in [-0.25, -0.2) is 4.98 Å². The van der Waals surface area contributed by atoms with E-state index in [1.54, 1.807) is 20.3 Å². The maximum Gasteiger partial charge on any atom is 0.240 e. The zero-order chi connectivity index (χ0) is 13.6. The Labute approximate surface area is 112 Å². The lowest BCUT2D eigenvalue weighted by Gasteiger charge is -2.24. The molecule has 0 spiro atoms. The van der Waals surface area contributed by atoms with Gasteiger partial charge in [0.25, 0.3) is 0 Å². The van der Waals surface area contributed by atoms with E-state index in [2.05, 4.69) is 18.8 Å². The van der Waals surface area contributed by atoms with E-state index in [9.17, 15) is 0 Å².